The molecule has 116 valence electrons. The normalized spacial score (nSPS) is 28.6. The van der Waals surface area contributed by atoms with Crippen LogP contribution in [0.15, 0.2) is 12.4 Å². The zero-order chi connectivity index (χ0) is 14.8. The molecule has 0 spiro atoms. The second-order valence-corrected chi connectivity index (χ2v) is 5.94. The van der Waals surface area contributed by atoms with E-state index >= 15 is 0 Å². The third kappa shape index (κ3) is 3.40. The van der Waals surface area contributed by atoms with Crippen molar-refractivity contribution in [3.8, 4) is 0 Å². The molecule has 2 aliphatic rings. The van der Waals surface area contributed by atoms with Gasteiger partial charge < -0.3 is 10.6 Å². The van der Waals surface area contributed by atoms with Crippen molar-refractivity contribution in [2.24, 2.45) is 5.92 Å². The summed E-state index contributed by atoms with van der Waals surface area (Å²) in [6.45, 7) is -0.457. The molecule has 2 N–H and O–H groups in total. The van der Waals surface area contributed by atoms with E-state index in [1.54, 1.807) is 0 Å². The number of amides is 1. The Bertz CT molecular complexity index is 491. The third-order valence-electron chi connectivity index (χ3n) is 4.41. The standard InChI is InChI=1S/C14H20F2N4O/c15-13(16)8-20-7-10(6-17-20)18-14(21)12-5-9-3-1-2-4-11(9)19-12/h6-7,9,11-13,19H,1-5,8H2,(H,18,21). The maximum absolute atomic E-state index is 12.2. The molecule has 0 bridgehead atoms. The molecule has 3 rings (SSSR count). The lowest BCUT2D eigenvalue weighted by atomic mass is 9.85. The molecular formula is C14H20F2N4O. The fourth-order valence-corrected chi connectivity index (χ4v) is 3.42. The van der Waals surface area contributed by atoms with Crippen LogP contribution in [0.1, 0.15) is 32.1 Å². The number of aromatic nitrogens is 2. The molecule has 1 aromatic rings. The number of fused-ring (bicyclic) bond motifs is 1. The number of hydrogen-bond donors (Lipinski definition) is 2. The van der Waals surface area contributed by atoms with Crippen molar-refractivity contribution >= 4 is 11.6 Å². The number of anilines is 1. The number of rotatable bonds is 4. The minimum Gasteiger partial charge on any atom is -0.322 e. The van der Waals surface area contributed by atoms with Crippen molar-refractivity contribution in [2.45, 2.75) is 57.2 Å². The van der Waals surface area contributed by atoms with E-state index in [0.717, 1.165) is 17.5 Å². The second-order valence-electron chi connectivity index (χ2n) is 5.94. The minimum absolute atomic E-state index is 0.0963. The van der Waals surface area contributed by atoms with Crippen LogP contribution in [0.4, 0.5) is 14.5 Å². The van der Waals surface area contributed by atoms with Gasteiger partial charge in [0.1, 0.15) is 6.54 Å². The Hall–Kier alpha value is -1.50. The van der Waals surface area contributed by atoms with Gasteiger partial charge in [-0.15, -0.1) is 0 Å². The summed E-state index contributed by atoms with van der Waals surface area (Å²) in [6, 6.07) is 0.271. The Labute approximate surface area is 122 Å². The molecule has 1 saturated carbocycles. The van der Waals surface area contributed by atoms with E-state index in [0.29, 0.717) is 17.6 Å². The fraction of sp³-hybridized carbons (Fsp3) is 0.714. The van der Waals surface area contributed by atoms with Gasteiger partial charge in [0.15, 0.2) is 0 Å². The van der Waals surface area contributed by atoms with Gasteiger partial charge in [-0.3, -0.25) is 9.48 Å². The molecule has 0 radical (unpaired) electrons. The van der Waals surface area contributed by atoms with Gasteiger partial charge in [-0.25, -0.2) is 8.78 Å². The summed E-state index contributed by atoms with van der Waals surface area (Å²) in [6.07, 6.45) is 6.05. The van der Waals surface area contributed by atoms with E-state index in [4.69, 9.17) is 0 Å². The van der Waals surface area contributed by atoms with Gasteiger partial charge in [-0.2, -0.15) is 5.10 Å². The molecule has 1 aliphatic heterocycles. The van der Waals surface area contributed by atoms with E-state index in [1.165, 1.54) is 31.7 Å². The Morgan fingerprint density at radius 2 is 2.29 bits per heavy atom. The Morgan fingerprint density at radius 3 is 3.05 bits per heavy atom. The van der Waals surface area contributed by atoms with E-state index < -0.39 is 13.0 Å². The quantitative estimate of drug-likeness (QED) is 0.894. The Morgan fingerprint density at radius 1 is 1.48 bits per heavy atom. The molecule has 2 fully saturated rings. The molecule has 3 unspecified atom stereocenters. The average molecular weight is 298 g/mol. The lowest BCUT2D eigenvalue weighted by molar-refractivity contribution is -0.117. The fourth-order valence-electron chi connectivity index (χ4n) is 3.42. The first-order valence-electron chi connectivity index (χ1n) is 7.49. The van der Waals surface area contributed by atoms with E-state index in [1.807, 2.05) is 0 Å². The monoisotopic (exact) mass is 298 g/mol. The molecule has 21 heavy (non-hydrogen) atoms. The molecule has 1 saturated heterocycles. The molecule has 0 aromatic carbocycles. The lowest BCUT2D eigenvalue weighted by Gasteiger charge is -2.24. The summed E-state index contributed by atoms with van der Waals surface area (Å²) < 4.78 is 25.6. The highest BCUT2D eigenvalue weighted by atomic mass is 19.3. The third-order valence-corrected chi connectivity index (χ3v) is 4.41. The predicted molar refractivity (Wildman–Crippen MR) is 74.1 cm³/mol. The van der Waals surface area contributed by atoms with Crippen molar-refractivity contribution in [1.82, 2.24) is 15.1 Å². The van der Waals surface area contributed by atoms with E-state index in [9.17, 15) is 13.6 Å². The number of halogens is 2. The summed E-state index contributed by atoms with van der Waals surface area (Å²) in [5.41, 5.74) is 0.470. The highest BCUT2D eigenvalue weighted by Crippen LogP contribution is 2.33. The maximum atomic E-state index is 12.2. The molecule has 1 aromatic heterocycles. The SMILES string of the molecule is O=C(Nc1cnn(CC(F)F)c1)C1CC2CCCCC2N1. The van der Waals surface area contributed by atoms with Crippen LogP contribution in [-0.2, 0) is 11.3 Å². The first-order valence-corrected chi connectivity index (χ1v) is 7.49. The Balaban J connectivity index is 1.55. The van der Waals surface area contributed by atoms with Crippen LogP contribution in [0.2, 0.25) is 0 Å². The predicted octanol–water partition coefficient (Wildman–Crippen LogP) is 2.01. The summed E-state index contributed by atoms with van der Waals surface area (Å²) in [7, 11) is 0. The molecule has 5 nitrogen and oxygen atoms in total. The summed E-state index contributed by atoms with van der Waals surface area (Å²) in [5, 5.41) is 9.96. The van der Waals surface area contributed by atoms with Crippen molar-refractivity contribution in [1.29, 1.82) is 0 Å². The highest BCUT2D eigenvalue weighted by molar-refractivity contribution is 5.94. The van der Waals surface area contributed by atoms with Crippen LogP contribution < -0.4 is 10.6 Å². The van der Waals surface area contributed by atoms with Crippen LogP contribution in [0.25, 0.3) is 0 Å². The first kappa shape index (κ1) is 14.4. The zero-order valence-electron chi connectivity index (χ0n) is 11.8. The number of carbonyl (C=O) groups excluding carboxylic acids is 1. The van der Waals surface area contributed by atoms with Crippen LogP contribution in [-0.4, -0.2) is 34.2 Å². The van der Waals surface area contributed by atoms with Crippen molar-refractivity contribution in [2.75, 3.05) is 5.32 Å². The molecule has 1 aliphatic carbocycles. The maximum Gasteiger partial charge on any atom is 0.257 e. The first-order chi connectivity index (χ1) is 10.1. The second kappa shape index (κ2) is 6.09. The minimum atomic E-state index is -2.45. The molecule has 3 atom stereocenters. The lowest BCUT2D eigenvalue weighted by Crippen LogP contribution is -2.39. The topological polar surface area (TPSA) is 59.0 Å². The van der Waals surface area contributed by atoms with E-state index in [-0.39, 0.29) is 11.9 Å². The average Bonchev–Trinajstić information content (AvgIpc) is 3.04. The summed E-state index contributed by atoms with van der Waals surface area (Å²) in [5.74, 6) is 0.497. The summed E-state index contributed by atoms with van der Waals surface area (Å²) >= 11 is 0. The summed E-state index contributed by atoms with van der Waals surface area (Å²) in [4.78, 5) is 12.2. The molecule has 7 heteroatoms. The van der Waals surface area contributed by atoms with Gasteiger partial charge in [0, 0.05) is 12.2 Å². The molecule has 1 amide bonds. The zero-order valence-corrected chi connectivity index (χ0v) is 11.8. The largest absolute Gasteiger partial charge is 0.322 e. The van der Waals surface area contributed by atoms with Crippen molar-refractivity contribution < 1.29 is 13.6 Å². The van der Waals surface area contributed by atoms with Crippen LogP contribution in [0.3, 0.4) is 0 Å². The number of nitrogens with one attached hydrogen (secondary N) is 2. The number of alkyl halides is 2. The number of carbonyl (C=O) groups is 1. The van der Waals surface area contributed by atoms with Crippen LogP contribution in [0, 0.1) is 5.92 Å². The van der Waals surface area contributed by atoms with Crippen molar-refractivity contribution in [3.63, 3.8) is 0 Å². The van der Waals surface area contributed by atoms with Gasteiger partial charge in [0.2, 0.25) is 5.91 Å². The van der Waals surface area contributed by atoms with Crippen LogP contribution in [0.5, 0.6) is 0 Å². The van der Waals surface area contributed by atoms with Crippen LogP contribution >= 0.6 is 0 Å². The number of nitrogens with zero attached hydrogens (tertiary/aromatic N) is 2. The van der Waals surface area contributed by atoms with Gasteiger partial charge in [-0.05, 0) is 25.2 Å². The smallest absolute Gasteiger partial charge is 0.257 e. The molecular weight excluding hydrogens is 278 g/mol. The van der Waals surface area contributed by atoms with Gasteiger partial charge in [-0.1, -0.05) is 12.8 Å². The Kier molecular flexibility index (Phi) is 4.19. The van der Waals surface area contributed by atoms with Crippen molar-refractivity contribution in [3.05, 3.63) is 12.4 Å². The molecule has 2 heterocycles. The van der Waals surface area contributed by atoms with Gasteiger partial charge in [0.05, 0.1) is 17.9 Å². The van der Waals surface area contributed by atoms with Gasteiger partial charge >= 0.3 is 0 Å². The highest BCUT2D eigenvalue weighted by Gasteiger charge is 2.38. The number of hydrogen-bond acceptors (Lipinski definition) is 3. The van der Waals surface area contributed by atoms with E-state index in [2.05, 4.69) is 15.7 Å². The van der Waals surface area contributed by atoms with Gasteiger partial charge in [0.25, 0.3) is 6.43 Å².